The molecule has 2 aromatic heterocycles. The van der Waals surface area contributed by atoms with E-state index < -0.39 is 0 Å². The maximum atomic E-state index is 12.7. The summed E-state index contributed by atoms with van der Waals surface area (Å²) in [5, 5.41) is 8.61. The first-order valence-corrected chi connectivity index (χ1v) is 12.5. The van der Waals surface area contributed by atoms with Crippen molar-refractivity contribution in [2.75, 3.05) is 25.0 Å². The molecular weight excluding hydrogens is 412 g/mol. The molecule has 30 heavy (non-hydrogen) atoms. The summed E-state index contributed by atoms with van der Waals surface area (Å²) in [6.45, 7) is 10.3. The van der Waals surface area contributed by atoms with E-state index >= 15 is 0 Å². The van der Waals surface area contributed by atoms with Crippen LogP contribution in [0.2, 0.25) is 0 Å². The molecule has 1 amide bonds. The lowest BCUT2D eigenvalue weighted by Gasteiger charge is -2.25. The number of thiazole rings is 1. The lowest BCUT2D eigenvalue weighted by atomic mass is 10.0. The Morgan fingerprint density at radius 2 is 2.10 bits per heavy atom. The van der Waals surface area contributed by atoms with Crippen LogP contribution in [0.1, 0.15) is 44.1 Å². The zero-order valence-electron chi connectivity index (χ0n) is 18.0. The number of nitrogens with zero attached hydrogens (tertiary/aromatic N) is 2. The quantitative estimate of drug-likeness (QED) is 0.508. The number of likely N-dealkylation sites (N-methyl/N-ethyl adjacent to an activating group) is 1. The summed E-state index contributed by atoms with van der Waals surface area (Å²) < 4.78 is 1.19. The monoisotopic (exact) mass is 442 g/mol. The number of thiophene rings is 1. The number of hydrogen-bond donors (Lipinski definition) is 2. The molecule has 3 aromatic rings. The van der Waals surface area contributed by atoms with E-state index in [1.807, 2.05) is 6.07 Å². The Labute approximate surface area is 186 Å². The molecule has 0 fully saturated rings. The second kappa shape index (κ2) is 9.56. The number of benzene rings is 1. The molecule has 1 aromatic carbocycles. The number of nitrogens with one attached hydrogen (secondary N) is 2. The fourth-order valence-corrected chi connectivity index (χ4v) is 6.20. The summed E-state index contributed by atoms with van der Waals surface area (Å²) in [7, 11) is 0. The highest BCUT2D eigenvalue weighted by molar-refractivity contribution is 7.22. The highest BCUT2D eigenvalue weighted by Crippen LogP contribution is 2.45. The number of aromatic nitrogens is 1. The number of anilines is 1. The third-order valence-corrected chi connectivity index (χ3v) is 7.99. The van der Waals surface area contributed by atoms with Gasteiger partial charge in [0.25, 0.3) is 0 Å². The van der Waals surface area contributed by atoms with E-state index in [0.717, 1.165) is 53.6 Å². The van der Waals surface area contributed by atoms with Crippen LogP contribution in [-0.2, 0) is 17.8 Å². The van der Waals surface area contributed by atoms with Crippen molar-refractivity contribution in [2.24, 2.45) is 0 Å². The second-order valence-corrected chi connectivity index (χ2v) is 10.0. The number of carbonyl (C=O) groups excluding carboxylic acids is 1. The van der Waals surface area contributed by atoms with E-state index in [-0.39, 0.29) is 5.91 Å². The standard InChI is InChI=1S/C23H30N4OS2/c1-4-15(3)24-12-10-20(28)26-23-21(16-11-13-27(5-2)14-19(16)30-23)22-25-17-8-6-7-9-18(17)29-22/h6-9,15,24H,4-5,10-14H2,1-3H3,(H,26,28)/t15-/m0/s1. The minimum absolute atomic E-state index is 0.0686. The number of hydrogen-bond acceptors (Lipinski definition) is 6. The maximum absolute atomic E-state index is 12.7. The highest BCUT2D eigenvalue weighted by atomic mass is 32.1. The van der Waals surface area contributed by atoms with Gasteiger partial charge in [0, 0.05) is 42.5 Å². The van der Waals surface area contributed by atoms with Gasteiger partial charge in [-0.3, -0.25) is 9.69 Å². The average molecular weight is 443 g/mol. The van der Waals surface area contributed by atoms with Crippen LogP contribution in [0.15, 0.2) is 24.3 Å². The Morgan fingerprint density at radius 3 is 2.87 bits per heavy atom. The molecule has 5 nitrogen and oxygen atoms in total. The van der Waals surface area contributed by atoms with Crippen molar-refractivity contribution in [3.8, 4) is 10.6 Å². The average Bonchev–Trinajstić information content (AvgIpc) is 3.33. The van der Waals surface area contributed by atoms with Gasteiger partial charge in [-0.2, -0.15) is 0 Å². The Balaban J connectivity index is 1.62. The van der Waals surface area contributed by atoms with E-state index in [1.165, 1.54) is 15.1 Å². The molecule has 1 atom stereocenters. The SMILES string of the molecule is CC[C@H](C)NCCC(=O)Nc1sc2c(c1-c1nc3ccccc3s1)CCN(CC)C2. The first-order valence-electron chi connectivity index (χ1n) is 10.8. The molecule has 0 bridgehead atoms. The van der Waals surface area contributed by atoms with Crippen molar-refractivity contribution in [3.63, 3.8) is 0 Å². The van der Waals surface area contributed by atoms with Gasteiger partial charge in [-0.05, 0) is 44.0 Å². The first kappa shape index (κ1) is 21.4. The Bertz CT molecular complexity index is 993. The third-order valence-electron chi connectivity index (χ3n) is 5.80. The molecule has 0 aliphatic carbocycles. The fraction of sp³-hybridized carbons (Fsp3) is 0.478. The molecule has 0 radical (unpaired) electrons. The number of amides is 1. The van der Waals surface area contributed by atoms with Crippen LogP contribution in [0, 0.1) is 0 Å². The second-order valence-electron chi connectivity index (χ2n) is 7.88. The maximum Gasteiger partial charge on any atom is 0.226 e. The largest absolute Gasteiger partial charge is 0.317 e. The van der Waals surface area contributed by atoms with Gasteiger partial charge in [0.1, 0.15) is 10.0 Å². The topological polar surface area (TPSA) is 57.3 Å². The van der Waals surface area contributed by atoms with Crippen molar-refractivity contribution in [3.05, 3.63) is 34.7 Å². The van der Waals surface area contributed by atoms with Crippen molar-refractivity contribution in [2.45, 2.75) is 52.6 Å². The predicted octanol–water partition coefficient (Wildman–Crippen LogP) is 5.12. The van der Waals surface area contributed by atoms with Crippen LogP contribution in [0.5, 0.6) is 0 Å². The summed E-state index contributed by atoms with van der Waals surface area (Å²) in [6, 6.07) is 8.70. The minimum atomic E-state index is 0.0686. The molecule has 0 saturated carbocycles. The van der Waals surface area contributed by atoms with E-state index in [9.17, 15) is 4.79 Å². The number of fused-ring (bicyclic) bond motifs is 2. The smallest absolute Gasteiger partial charge is 0.226 e. The van der Waals surface area contributed by atoms with Crippen molar-refractivity contribution < 1.29 is 4.79 Å². The zero-order chi connectivity index (χ0) is 21.1. The summed E-state index contributed by atoms with van der Waals surface area (Å²) in [4.78, 5) is 21.4. The van der Waals surface area contributed by atoms with Crippen molar-refractivity contribution in [1.82, 2.24) is 15.2 Å². The van der Waals surface area contributed by atoms with Gasteiger partial charge in [0.2, 0.25) is 5.91 Å². The lowest BCUT2D eigenvalue weighted by Crippen LogP contribution is -2.29. The van der Waals surface area contributed by atoms with Crippen LogP contribution in [0.25, 0.3) is 20.8 Å². The van der Waals surface area contributed by atoms with E-state index in [1.54, 1.807) is 22.7 Å². The third kappa shape index (κ3) is 4.59. The molecule has 7 heteroatoms. The normalized spacial score (nSPS) is 15.3. The number of rotatable bonds is 8. The summed E-state index contributed by atoms with van der Waals surface area (Å²) in [5.74, 6) is 0.0686. The summed E-state index contributed by atoms with van der Waals surface area (Å²) >= 11 is 3.45. The fourth-order valence-electron chi connectivity index (χ4n) is 3.79. The molecule has 0 unspecified atom stereocenters. The van der Waals surface area contributed by atoms with Gasteiger partial charge < -0.3 is 10.6 Å². The van der Waals surface area contributed by atoms with Crippen LogP contribution < -0.4 is 10.6 Å². The zero-order valence-corrected chi connectivity index (χ0v) is 19.6. The Morgan fingerprint density at radius 1 is 1.27 bits per heavy atom. The van der Waals surface area contributed by atoms with Gasteiger partial charge in [-0.1, -0.05) is 26.0 Å². The summed E-state index contributed by atoms with van der Waals surface area (Å²) in [6.07, 6.45) is 2.55. The van der Waals surface area contributed by atoms with E-state index in [0.29, 0.717) is 19.0 Å². The van der Waals surface area contributed by atoms with E-state index in [2.05, 4.69) is 54.5 Å². The first-order chi connectivity index (χ1) is 14.6. The van der Waals surface area contributed by atoms with Gasteiger partial charge in [0.05, 0.1) is 10.2 Å². The van der Waals surface area contributed by atoms with Gasteiger partial charge in [-0.25, -0.2) is 4.98 Å². The molecule has 160 valence electrons. The van der Waals surface area contributed by atoms with Crippen molar-refractivity contribution in [1.29, 1.82) is 0 Å². The van der Waals surface area contributed by atoms with Crippen LogP contribution in [0.4, 0.5) is 5.00 Å². The van der Waals surface area contributed by atoms with Crippen LogP contribution >= 0.6 is 22.7 Å². The van der Waals surface area contributed by atoms with Crippen molar-refractivity contribution >= 4 is 43.8 Å². The molecule has 2 N–H and O–H groups in total. The molecule has 0 saturated heterocycles. The number of para-hydroxylation sites is 1. The summed E-state index contributed by atoms with van der Waals surface area (Å²) in [5.41, 5.74) is 3.55. The van der Waals surface area contributed by atoms with Crippen LogP contribution in [0.3, 0.4) is 0 Å². The number of carbonyl (C=O) groups is 1. The highest BCUT2D eigenvalue weighted by Gasteiger charge is 2.27. The van der Waals surface area contributed by atoms with Gasteiger partial charge >= 0.3 is 0 Å². The van der Waals surface area contributed by atoms with E-state index in [4.69, 9.17) is 4.98 Å². The Kier molecular flexibility index (Phi) is 6.83. The molecule has 3 heterocycles. The Hall–Kier alpha value is -1.80. The van der Waals surface area contributed by atoms with Gasteiger partial charge in [0.15, 0.2) is 0 Å². The predicted molar refractivity (Wildman–Crippen MR) is 129 cm³/mol. The lowest BCUT2D eigenvalue weighted by molar-refractivity contribution is -0.116. The minimum Gasteiger partial charge on any atom is -0.317 e. The van der Waals surface area contributed by atoms with Gasteiger partial charge in [-0.15, -0.1) is 22.7 Å². The molecular formula is C23H30N4OS2. The molecule has 0 spiro atoms. The molecule has 1 aliphatic rings. The molecule has 1 aliphatic heterocycles. The molecule has 4 rings (SSSR count). The van der Waals surface area contributed by atoms with Crippen LogP contribution in [-0.4, -0.2) is 41.5 Å².